The molecular formula is C38H54O. The van der Waals surface area contributed by atoms with Crippen LogP contribution >= 0.6 is 0 Å². The highest BCUT2D eigenvalue weighted by Crippen LogP contribution is 2.50. The fraction of sp³-hybridized carbons (Fsp3) is 0.579. The molecule has 39 heavy (non-hydrogen) atoms. The topological polar surface area (TPSA) is 9.23 Å². The number of hydrogen-bond acceptors (Lipinski definition) is 1. The standard InChI is InChI=1S/C38H54O/c1-27(2)17-21-31-23-19-29(5)25-35(31)37(33-13-9-7-10-14-33)39-38(34-15-11-8-12-16-34)36-26-30(6)20-24-32(36)22-18-28(3)4/h7-18,29-32,35-38H,19-26H2,1-6H3/t29-,30?,31-,32?,35-,36?,37?,38?/m1/s1. The van der Waals surface area contributed by atoms with Gasteiger partial charge in [0.15, 0.2) is 0 Å². The Labute approximate surface area is 240 Å². The van der Waals surface area contributed by atoms with Gasteiger partial charge in [-0.25, -0.2) is 0 Å². The molecule has 5 unspecified atom stereocenters. The number of rotatable bonds is 10. The van der Waals surface area contributed by atoms with Crippen LogP contribution in [0, 0.1) is 35.5 Å². The Morgan fingerprint density at radius 1 is 0.641 bits per heavy atom. The van der Waals surface area contributed by atoms with Crippen molar-refractivity contribution in [3.8, 4) is 0 Å². The third-order valence-electron chi connectivity index (χ3n) is 9.61. The minimum atomic E-state index is 0.121. The first-order valence-corrected chi connectivity index (χ1v) is 15.8. The molecule has 4 rings (SSSR count). The van der Waals surface area contributed by atoms with E-state index in [-0.39, 0.29) is 12.2 Å². The lowest BCUT2D eigenvalue weighted by Crippen LogP contribution is -2.35. The molecule has 1 heteroatoms. The smallest absolute Gasteiger partial charge is 0.0864 e. The first-order chi connectivity index (χ1) is 18.8. The van der Waals surface area contributed by atoms with Crippen molar-refractivity contribution in [1.29, 1.82) is 0 Å². The summed E-state index contributed by atoms with van der Waals surface area (Å²) in [5.41, 5.74) is 5.60. The van der Waals surface area contributed by atoms with Crippen LogP contribution in [-0.2, 0) is 4.74 Å². The van der Waals surface area contributed by atoms with Gasteiger partial charge in [-0.2, -0.15) is 0 Å². The number of hydrogen-bond donors (Lipinski definition) is 0. The zero-order valence-corrected chi connectivity index (χ0v) is 25.6. The van der Waals surface area contributed by atoms with Crippen LogP contribution in [0.5, 0.6) is 0 Å². The molecule has 0 saturated heterocycles. The highest BCUT2D eigenvalue weighted by atomic mass is 16.5. The average molecular weight is 527 g/mol. The SMILES string of the molecule is CC(C)=CCC1CCC(C)CC1C(OC(c1ccccc1)[C@@H]1C[C@H](C)CC[C@H]1CC=C(C)C)c1ccccc1. The largest absolute Gasteiger partial charge is 0.365 e. The van der Waals surface area contributed by atoms with Crippen LogP contribution in [0.4, 0.5) is 0 Å². The van der Waals surface area contributed by atoms with Gasteiger partial charge in [0.05, 0.1) is 12.2 Å². The second-order valence-corrected chi connectivity index (χ2v) is 13.5. The molecule has 0 N–H and O–H groups in total. The van der Waals surface area contributed by atoms with Gasteiger partial charge in [-0.05, 0) is 113 Å². The molecule has 0 bridgehead atoms. The second-order valence-electron chi connectivity index (χ2n) is 13.5. The van der Waals surface area contributed by atoms with Gasteiger partial charge in [0, 0.05) is 0 Å². The molecule has 2 aromatic rings. The van der Waals surface area contributed by atoms with E-state index in [4.69, 9.17) is 4.74 Å². The lowest BCUT2D eigenvalue weighted by atomic mass is 9.68. The molecule has 212 valence electrons. The van der Waals surface area contributed by atoms with Gasteiger partial charge >= 0.3 is 0 Å². The van der Waals surface area contributed by atoms with E-state index in [1.165, 1.54) is 73.6 Å². The molecule has 2 aliphatic carbocycles. The van der Waals surface area contributed by atoms with Crippen molar-refractivity contribution in [2.45, 2.75) is 105 Å². The minimum Gasteiger partial charge on any atom is -0.365 e. The monoisotopic (exact) mass is 526 g/mol. The van der Waals surface area contributed by atoms with Gasteiger partial charge in [-0.1, -0.05) is 111 Å². The summed E-state index contributed by atoms with van der Waals surface area (Å²) in [5, 5.41) is 0. The Kier molecular flexibility index (Phi) is 11.1. The molecular weight excluding hydrogens is 472 g/mol. The van der Waals surface area contributed by atoms with Gasteiger partial charge < -0.3 is 4.74 Å². The first kappa shape index (κ1) is 29.9. The van der Waals surface area contributed by atoms with Gasteiger partial charge in [-0.3, -0.25) is 0 Å². The molecule has 0 amide bonds. The van der Waals surface area contributed by atoms with Crippen LogP contribution in [0.1, 0.15) is 116 Å². The van der Waals surface area contributed by atoms with Crippen molar-refractivity contribution in [2.75, 3.05) is 0 Å². The van der Waals surface area contributed by atoms with E-state index in [0.29, 0.717) is 23.7 Å². The molecule has 0 spiro atoms. The summed E-state index contributed by atoms with van der Waals surface area (Å²) < 4.78 is 7.63. The summed E-state index contributed by atoms with van der Waals surface area (Å²) in [4.78, 5) is 0. The first-order valence-electron chi connectivity index (χ1n) is 15.8. The molecule has 2 aromatic carbocycles. The van der Waals surface area contributed by atoms with E-state index in [1.54, 1.807) is 0 Å². The van der Waals surface area contributed by atoms with Crippen molar-refractivity contribution >= 4 is 0 Å². The molecule has 2 aliphatic rings. The maximum absolute atomic E-state index is 7.63. The number of ether oxygens (including phenoxy) is 1. The molecule has 2 fully saturated rings. The second kappa shape index (κ2) is 14.5. The van der Waals surface area contributed by atoms with Gasteiger partial charge in [0.1, 0.15) is 0 Å². The molecule has 2 saturated carbocycles. The summed E-state index contributed by atoms with van der Waals surface area (Å²) in [5.74, 6) is 3.92. The Bertz CT molecular complexity index is 957. The highest BCUT2D eigenvalue weighted by molar-refractivity contribution is 5.22. The predicted octanol–water partition coefficient (Wildman–Crippen LogP) is 11.3. The van der Waals surface area contributed by atoms with Crippen LogP contribution < -0.4 is 0 Å². The van der Waals surface area contributed by atoms with Gasteiger partial charge in [0.25, 0.3) is 0 Å². The van der Waals surface area contributed by atoms with Crippen molar-refractivity contribution in [1.82, 2.24) is 0 Å². The van der Waals surface area contributed by atoms with E-state index in [1.807, 2.05) is 0 Å². The Balaban J connectivity index is 1.74. The number of benzene rings is 2. The van der Waals surface area contributed by atoms with Crippen LogP contribution in [0.3, 0.4) is 0 Å². The third-order valence-corrected chi connectivity index (χ3v) is 9.61. The van der Waals surface area contributed by atoms with Crippen molar-refractivity contribution in [2.24, 2.45) is 35.5 Å². The molecule has 1 nitrogen and oxygen atoms in total. The van der Waals surface area contributed by atoms with E-state index < -0.39 is 0 Å². The lowest BCUT2D eigenvalue weighted by molar-refractivity contribution is -0.114. The molecule has 0 aliphatic heterocycles. The van der Waals surface area contributed by atoms with Crippen LogP contribution in [0.15, 0.2) is 84.0 Å². The van der Waals surface area contributed by atoms with E-state index in [9.17, 15) is 0 Å². The molecule has 0 heterocycles. The molecule has 0 aromatic heterocycles. The fourth-order valence-corrected chi connectivity index (χ4v) is 7.37. The summed E-state index contributed by atoms with van der Waals surface area (Å²) in [7, 11) is 0. The zero-order chi connectivity index (χ0) is 27.8. The van der Waals surface area contributed by atoms with Crippen molar-refractivity contribution in [3.05, 3.63) is 95.1 Å². The minimum absolute atomic E-state index is 0.121. The van der Waals surface area contributed by atoms with E-state index >= 15 is 0 Å². The van der Waals surface area contributed by atoms with Crippen molar-refractivity contribution in [3.63, 3.8) is 0 Å². The van der Waals surface area contributed by atoms with Crippen molar-refractivity contribution < 1.29 is 4.74 Å². The quantitative estimate of drug-likeness (QED) is 0.280. The summed E-state index contributed by atoms with van der Waals surface area (Å²) in [6, 6.07) is 22.4. The summed E-state index contributed by atoms with van der Waals surface area (Å²) in [6.45, 7) is 13.9. The maximum atomic E-state index is 7.63. The Morgan fingerprint density at radius 3 is 1.38 bits per heavy atom. The van der Waals surface area contributed by atoms with Gasteiger partial charge in [-0.15, -0.1) is 0 Å². The summed E-state index contributed by atoms with van der Waals surface area (Å²) >= 11 is 0. The Morgan fingerprint density at radius 2 is 1.03 bits per heavy atom. The number of allylic oxidation sites excluding steroid dienone is 4. The zero-order valence-electron chi connectivity index (χ0n) is 25.6. The molecule has 0 radical (unpaired) electrons. The fourth-order valence-electron chi connectivity index (χ4n) is 7.37. The van der Waals surface area contributed by atoms with E-state index in [0.717, 1.165) is 11.8 Å². The lowest BCUT2D eigenvalue weighted by Gasteiger charge is -2.45. The van der Waals surface area contributed by atoms with E-state index in [2.05, 4.69) is 114 Å². The van der Waals surface area contributed by atoms with Crippen LogP contribution in [-0.4, -0.2) is 0 Å². The Hall–Kier alpha value is -2.12. The highest BCUT2D eigenvalue weighted by Gasteiger charge is 2.41. The average Bonchev–Trinajstić information content (AvgIpc) is 2.93. The predicted molar refractivity (Wildman–Crippen MR) is 168 cm³/mol. The third kappa shape index (κ3) is 8.43. The van der Waals surface area contributed by atoms with Crippen LogP contribution in [0.2, 0.25) is 0 Å². The summed E-state index contributed by atoms with van der Waals surface area (Å²) in [6.07, 6.45) is 15.3. The maximum Gasteiger partial charge on any atom is 0.0864 e. The normalized spacial score (nSPS) is 28.8. The molecule has 8 atom stereocenters. The van der Waals surface area contributed by atoms with Gasteiger partial charge in [0.2, 0.25) is 0 Å². The van der Waals surface area contributed by atoms with Crippen LogP contribution in [0.25, 0.3) is 0 Å².